The summed E-state index contributed by atoms with van der Waals surface area (Å²) in [4.78, 5) is 16.8. The molecule has 0 saturated heterocycles. The number of carbonyl (C=O) groups excluding carboxylic acids is 1. The predicted octanol–water partition coefficient (Wildman–Crippen LogP) is 5.67. The van der Waals surface area contributed by atoms with Gasteiger partial charge in [-0.05, 0) is 48.0 Å². The monoisotopic (exact) mass is 363 g/mol. The summed E-state index contributed by atoms with van der Waals surface area (Å²) in [5, 5.41) is 0.0552. The number of benzene rings is 2. The van der Waals surface area contributed by atoms with Crippen LogP contribution in [0, 0.1) is 0 Å². The molecule has 0 bridgehead atoms. The minimum atomic E-state index is -0.623. The fourth-order valence-corrected chi connectivity index (χ4v) is 3.08. The average Bonchev–Trinajstić information content (AvgIpc) is 3.00. The Bertz CT molecular complexity index is 816. The smallest absolute Gasteiger partial charge is 0.274 e. The second-order valence-corrected chi connectivity index (χ2v) is 6.50. The highest BCUT2D eigenvalue weighted by Gasteiger charge is 2.19. The van der Waals surface area contributed by atoms with Crippen molar-refractivity contribution in [2.24, 2.45) is 0 Å². The van der Waals surface area contributed by atoms with E-state index in [1.54, 1.807) is 0 Å². The number of rotatable bonds is 5. The van der Waals surface area contributed by atoms with E-state index in [-0.39, 0.29) is 5.69 Å². The van der Waals surface area contributed by atoms with E-state index < -0.39 is 5.24 Å². The van der Waals surface area contributed by atoms with E-state index in [1.165, 1.54) is 11.8 Å². The molecule has 0 atom stereocenters. The lowest BCUT2D eigenvalue weighted by Gasteiger charge is -2.00. The van der Waals surface area contributed by atoms with Crippen molar-refractivity contribution in [3.8, 4) is 11.5 Å². The molecule has 0 saturated carbocycles. The van der Waals surface area contributed by atoms with Crippen LogP contribution in [0.5, 0.6) is 0 Å². The van der Waals surface area contributed by atoms with Gasteiger partial charge in [-0.1, -0.05) is 29.8 Å². The minimum Gasteiger partial charge on any atom is -0.439 e. The third-order valence-corrected chi connectivity index (χ3v) is 4.53. The Morgan fingerprint density at radius 1 is 1.09 bits per heavy atom. The van der Waals surface area contributed by atoms with E-state index in [0.29, 0.717) is 22.4 Å². The molecule has 3 rings (SSSR count). The number of nitrogens with zero attached hydrogens (tertiary/aromatic N) is 1. The Balaban J connectivity index is 1.84. The summed E-state index contributed by atoms with van der Waals surface area (Å²) in [6.07, 6.45) is 0. The Labute approximate surface area is 147 Å². The lowest BCUT2D eigenvalue weighted by molar-refractivity contribution is 0.107. The number of hydrogen-bond donors (Lipinski definition) is 0. The van der Waals surface area contributed by atoms with E-state index >= 15 is 0 Å². The molecule has 2 aromatic carbocycles. The van der Waals surface area contributed by atoms with Gasteiger partial charge in [0.05, 0.1) is 5.75 Å². The van der Waals surface area contributed by atoms with Crippen molar-refractivity contribution in [1.82, 2.24) is 4.98 Å². The highest BCUT2D eigenvalue weighted by molar-refractivity contribution is 7.98. The van der Waals surface area contributed by atoms with Crippen molar-refractivity contribution in [2.75, 3.05) is 0 Å². The summed E-state index contributed by atoms with van der Waals surface area (Å²) in [6, 6.07) is 16.8. The molecule has 0 N–H and O–H groups in total. The molecule has 0 fully saturated rings. The summed E-state index contributed by atoms with van der Waals surface area (Å²) in [6.45, 7) is 0. The van der Waals surface area contributed by atoms with Gasteiger partial charge in [0.1, 0.15) is 5.76 Å². The molecule has 23 heavy (non-hydrogen) atoms. The highest BCUT2D eigenvalue weighted by Crippen LogP contribution is 2.29. The third kappa shape index (κ3) is 3.96. The molecule has 0 aliphatic rings. The zero-order valence-corrected chi connectivity index (χ0v) is 14.2. The predicted molar refractivity (Wildman–Crippen MR) is 93.1 cm³/mol. The van der Waals surface area contributed by atoms with E-state index in [4.69, 9.17) is 27.6 Å². The van der Waals surface area contributed by atoms with Gasteiger partial charge in [0.2, 0.25) is 5.89 Å². The first kappa shape index (κ1) is 16.1. The summed E-state index contributed by atoms with van der Waals surface area (Å²) in [7, 11) is 0. The van der Waals surface area contributed by atoms with Crippen molar-refractivity contribution in [3.05, 3.63) is 71.1 Å². The quantitative estimate of drug-likeness (QED) is 0.432. The maximum atomic E-state index is 11.6. The van der Waals surface area contributed by atoms with Crippen LogP contribution in [0.2, 0.25) is 5.02 Å². The van der Waals surface area contributed by atoms with E-state index in [1.807, 2.05) is 54.6 Å². The zero-order valence-electron chi connectivity index (χ0n) is 11.8. The van der Waals surface area contributed by atoms with Gasteiger partial charge in [-0.3, -0.25) is 4.79 Å². The second-order valence-electron chi connectivity index (χ2n) is 4.67. The SMILES string of the molecule is O=C(Cl)c1nc(-c2ccccc2)oc1CSc1ccc(Cl)cc1. The largest absolute Gasteiger partial charge is 0.439 e. The molecule has 1 heterocycles. The number of oxazole rings is 1. The molecule has 0 aliphatic carbocycles. The van der Waals surface area contributed by atoms with Crippen LogP contribution in [0.4, 0.5) is 0 Å². The third-order valence-electron chi connectivity index (χ3n) is 3.09. The maximum Gasteiger partial charge on any atom is 0.274 e. The lowest BCUT2D eigenvalue weighted by atomic mass is 10.2. The molecule has 6 heteroatoms. The Morgan fingerprint density at radius 2 is 1.78 bits per heavy atom. The Kier molecular flexibility index (Phi) is 5.06. The van der Waals surface area contributed by atoms with Crippen LogP contribution in [0.1, 0.15) is 16.2 Å². The van der Waals surface area contributed by atoms with Gasteiger partial charge in [-0.2, -0.15) is 0 Å². The van der Waals surface area contributed by atoms with Crippen LogP contribution in [-0.2, 0) is 5.75 Å². The average molecular weight is 364 g/mol. The van der Waals surface area contributed by atoms with Crippen molar-refractivity contribution >= 4 is 40.2 Å². The topological polar surface area (TPSA) is 43.1 Å². The van der Waals surface area contributed by atoms with Crippen LogP contribution in [0.15, 0.2) is 63.9 Å². The van der Waals surface area contributed by atoms with Crippen LogP contribution < -0.4 is 0 Å². The molecule has 0 spiro atoms. The lowest BCUT2D eigenvalue weighted by Crippen LogP contribution is -1.94. The van der Waals surface area contributed by atoms with Crippen LogP contribution in [0.3, 0.4) is 0 Å². The fraction of sp³-hybridized carbons (Fsp3) is 0.0588. The summed E-state index contributed by atoms with van der Waals surface area (Å²) < 4.78 is 5.74. The summed E-state index contributed by atoms with van der Waals surface area (Å²) >= 11 is 13.0. The summed E-state index contributed by atoms with van der Waals surface area (Å²) in [5.74, 6) is 1.31. The zero-order chi connectivity index (χ0) is 16.2. The number of hydrogen-bond acceptors (Lipinski definition) is 4. The molecule has 3 aromatic rings. The molecular weight excluding hydrogens is 353 g/mol. The number of thioether (sulfide) groups is 1. The standard InChI is InChI=1S/C17H11Cl2NO2S/c18-12-6-8-13(9-7-12)23-10-14-15(16(19)21)20-17(22-14)11-4-2-1-3-5-11/h1-9H,10H2. The minimum absolute atomic E-state index is 0.159. The number of halogens is 2. The van der Waals surface area contributed by atoms with Gasteiger partial charge < -0.3 is 4.42 Å². The molecule has 3 nitrogen and oxygen atoms in total. The molecule has 116 valence electrons. The first-order chi connectivity index (χ1) is 11.1. The number of carbonyl (C=O) groups is 1. The van der Waals surface area contributed by atoms with E-state index in [0.717, 1.165) is 10.5 Å². The van der Waals surface area contributed by atoms with Gasteiger partial charge in [-0.25, -0.2) is 4.98 Å². The highest BCUT2D eigenvalue weighted by atomic mass is 35.5. The van der Waals surface area contributed by atoms with Gasteiger partial charge in [0, 0.05) is 15.5 Å². The van der Waals surface area contributed by atoms with Gasteiger partial charge >= 0.3 is 0 Å². The molecule has 0 unspecified atom stereocenters. The molecule has 0 aliphatic heterocycles. The Hall–Kier alpha value is -1.75. The molecular formula is C17H11Cl2NO2S. The van der Waals surface area contributed by atoms with Crippen LogP contribution in [-0.4, -0.2) is 10.2 Å². The maximum absolute atomic E-state index is 11.6. The van der Waals surface area contributed by atoms with E-state index in [2.05, 4.69) is 4.98 Å². The summed E-state index contributed by atoms with van der Waals surface area (Å²) in [5.41, 5.74) is 0.960. The molecule has 0 amide bonds. The Morgan fingerprint density at radius 3 is 2.43 bits per heavy atom. The normalized spacial score (nSPS) is 10.7. The first-order valence-electron chi connectivity index (χ1n) is 6.77. The molecule has 0 radical (unpaired) electrons. The second kappa shape index (κ2) is 7.21. The van der Waals surface area contributed by atoms with Crippen molar-refractivity contribution in [3.63, 3.8) is 0 Å². The van der Waals surface area contributed by atoms with Crippen LogP contribution >= 0.6 is 35.0 Å². The van der Waals surface area contributed by atoms with Crippen molar-refractivity contribution in [2.45, 2.75) is 10.6 Å². The van der Waals surface area contributed by atoms with E-state index in [9.17, 15) is 4.79 Å². The molecule has 1 aromatic heterocycles. The van der Waals surface area contributed by atoms with Gasteiger partial charge in [0.15, 0.2) is 5.69 Å². The van der Waals surface area contributed by atoms with Crippen molar-refractivity contribution in [1.29, 1.82) is 0 Å². The fourth-order valence-electron chi connectivity index (χ4n) is 1.99. The van der Waals surface area contributed by atoms with Gasteiger partial charge in [0.25, 0.3) is 5.24 Å². The van der Waals surface area contributed by atoms with Crippen LogP contribution in [0.25, 0.3) is 11.5 Å². The van der Waals surface area contributed by atoms with Gasteiger partial charge in [-0.15, -0.1) is 11.8 Å². The number of aromatic nitrogens is 1. The van der Waals surface area contributed by atoms with Crippen molar-refractivity contribution < 1.29 is 9.21 Å². The first-order valence-corrected chi connectivity index (χ1v) is 8.51.